The van der Waals surface area contributed by atoms with Crippen LogP contribution in [0.3, 0.4) is 0 Å². The normalized spacial score (nSPS) is 10.1. The Kier molecular flexibility index (Phi) is 3.03. The minimum absolute atomic E-state index is 0.209. The Labute approximate surface area is 104 Å². The molecule has 0 fully saturated rings. The van der Waals surface area contributed by atoms with E-state index in [1.54, 1.807) is 0 Å². The maximum absolute atomic E-state index is 11.8. The molecule has 1 heterocycles. The summed E-state index contributed by atoms with van der Waals surface area (Å²) in [5, 5.41) is 3.54. The Morgan fingerprint density at radius 3 is 3.06 bits per heavy atom. The lowest BCUT2D eigenvalue weighted by molar-refractivity contribution is 0.0963. The molecule has 0 aliphatic rings. The summed E-state index contributed by atoms with van der Waals surface area (Å²) in [4.78, 5) is 12.3. The van der Waals surface area contributed by atoms with Gasteiger partial charge < -0.3 is 11.1 Å². The van der Waals surface area contributed by atoms with E-state index < -0.39 is 0 Å². The van der Waals surface area contributed by atoms with Gasteiger partial charge in [-0.15, -0.1) is 17.8 Å². The summed E-state index contributed by atoms with van der Waals surface area (Å²) < 4.78 is 1.02. The van der Waals surface area contributed by atoms with Gasteiger partial charge in [-0.05, 0) is 18.6 Å². The van der Waals surface area contributed by atoms with Gasteiger partial charge in [0.2, 0.25) is 0 Å². The highest BCUT2D eigenvalue weighted by Gasteiger charge is 2.15. The Bertz CT molecular complexity index is 622. The highest BCUT2D eigenvalue weighted by atomic mass is 32.1. The number of fused-ring (bicyclic) bond motifs is 1. The van der Waals surface area contributed by atoms with Crippen molar-refractivity contribution in [2.45, 2.75) is 6.92 Å². The zero-order valence-corrected chi connectivity index (χ0v) is 10.2. The van der Waals surface area contributed by atoms with Crippen molar-refractivity contribution < 1.29 is 4.79 Å². The highest BCUT2D eigenvalue weighted by Crippen LogP contribution is 2.33. The smallest absolute Gasteiger partial charge is 0.264 e. The van der Waals surface area contributed by atoms with Gasteiger partial charge in [0.05, 0.1) is 12.2 Å². The number of terminal acetylenes is 1. The number of hydrogen-bond acceptors (Lipinski definition) is 3. The van der Waals surface area contributed by atoms with Gasteiger partial charge in [0.15, 0.2) is 0 Å². The molecule has 86 valence electrons. The first-order valence-electron chi connectivity index (χ1n) is 5.13. The van der Waals surface area contributed by atoms with Crippen LogP contribution < -0.4 is 11.1 Å². The second-order valence-corrected chi connectivity index (χ2v) is 4.78. The van der Waals surface area contributed by atoms with Crippen LogP contribution in [-0.4, -0.2) is 12.5 Å². The number of thiophene rings is 1. The molecule has 2 rings (SSSR count). The van der Waals surface area contributed by atoms with Crippen molar-refractivity contribution in [1.29, 1.82) is 0 Å². The summed E-state index contributed by atoms with van der Waals surface area (Å²) in [5.41, 5.74) is 7.63. The third kappa shape index (κ3) is 2.10. The molecule has 1 aromatic heterocycles. The minimum atomic E-state index is -0.209. The van der Waals surface area contributed by atoms with Gasteiger partial charge >= 0.3 is 0 Å². The van der Waals surface area contributed by atoms with Crippen molar-refractivity contribution in [2.24, 2.45) is 0 Å². The van der Waals surface area contributed by atoms with Gasteiger partial charge in [-0.1, -0.05) is 18.1 Å². The van der Waals surface area contributed by atoms with E-state index in [4.69, 9.17) is 12.2 Å². The van der Waals surface area contributed by atoms with Crippen molar-refractivity contribution in [3.05, 3.63) is 28.6 Å². The Morgan fingerprint density at radius 1 is 1.59 bits per heavy atom. The Morgan fingerprint density at radius 2 is 2.35 bits per heavy atom. The molecular formula is C13H12N2OS. The fraction of sp³-hybridized carbons (Fsp3) is 0.154. The van der Waals surface area contributed by atoms with Gasteiger partial charge in [0.25, 0.3) is 5.91 Å². The molecule has 0 bridgehead atoms. The molecule has 4 heteroatoms. The van der Waals surface area contributed by atoms with E-state index in [-0.39, 0.29) is 12.5 Å². The topological polar surface area (TPSA) is 55.1 Å². The van der Waals surface area contributed by atoms with Gasteiger partial charge in [-0.25, -0.2) is 0 Å². The standard InChI is InChI=1S/C13H12N2OS/c1-3-6-15-13(16)12-11(14)9-5-4-8(2)7-10(9)17-12/h1,4-5,7H,6,14H2,2H3,(H,15,16). The Balaban J connectivity index is 2.45. The maximum atomic E-state index is 11.8. The number of amides is 1. The molecule has 3 nitrogen and oxygen atoms in total. The number of carbonyl (C=O) groups excluding carboxylic acids is 1. The van der Waals surface area contributed by atoms with Crippen molar-refractivity contribution in [3.63, 3.8) is 0 Å². The van der Waals surface area contributed by atoms with E-state index in [2.05, 4.69) is 11.2 Å². The van der Waals surface area contributed by atoms with Crippen LogP contribution in [0.4, 0.5) is 5.69 Å². The predicted molar refractivity (Wildman–Crippen MR) is 72.1 cm³/mol. The molecule has 0 saturated carbocycles. The summed E-state index contributed by atoms with van der Waals surface area (Å²) in [6, 6.07) is 5.94. The van der Waals surface area contributed by atoms with Gasteiger partial charge in [0, 0.05) is 10.1 Å². The van der Waals surface area contributed by atoms with Gasteiger partial charge in [-0.2, -0.15) is 0 Å². The lowest BCUT2D eigenvalue weighted by Gasteiger charge is -1.99. The molecular weight excluding hydrogens is 232 g/mol. The first kappa shape index (κ1) is 11.5. The molecule has 0 aliphatic heterocycles. The van der Waals surface area contributed by atoms with Crippen molar-refractivity contribution in [3.8, 4) is 12.3 Å². The number of aryl methyl sites for hydroxylation is 1. The van der Waals surface area contributed by atoms with E-state index in [1.807, 2.05) is 25.1 Å². The van der Waals surface area contributed by atoms with Crippen LogP contribution >= 0.6 is 11.3 Å². The molecule has 0 spiro atoms. The summed E-state index contributed by atoms with van der Waals surface area (Å²) in [5.74, 6) is 2.15. The number of hydrogen-bond donors (Lipinski definition) is 2. The number of nitrogens with one attached hydrogen (secondary N) is 1. The number of nitrogen functional groups attached to an aromatic ring is 1. The summed E-state index contributed by atoms with van der Waals surface area (Å²) in [6.45, 7) is 2.22. The second-order valence-electron chi connectivity index (χ2n) is 3.73. The number of rotatable bonds is 2. The third-order valence-electron chi connectivity index (χ3n) is 2.44. The van der Waals surface area contributed by atoms with E-state index in [0.717, 1.165) is 15.6 Å². The summed E-state index contributed by atoms with van der Waals surface area (Å²) in [6.07, 6.45) is 5.10. The third-order valence-corrected chi connectivity index (χ3v) is 3.61. The maximum Gasteiger partial charge on any atom is 0.264 e. The summed E-state index contributed by atoms with van der Waals surface area (Å²) >= 11 is 1.39. The second kappa shape index (κ2) is 4.48. The molecule has 3 N–H and O–H groups in total. The lowest BCUT2D eigenvalue weighted by Crippen LogP contribution is -2.23. The van der Waals surface area contributed by atoms with E-state index >= 15 is 0 Å². The van der Waals surface area contributed by atoms with Gasteiger partial charge in [-0.3, -0.25) is 4.79 Å². The molecule has 0 saturated heterocycles. The monoisotopic (exact) mass is 244 g/mol. The molecule has 1 amide bonds. The first-order chi connectivity index (χ1) is 8.13. The number of anilines is 1. The summed E-state index contributed by atoms with van der Waals surface area (Å²) in [7, 11) is 0. The fourth-order valence-electron chi connectivity index (χ4n) is 1.60. The highest BCUT2D eigenvalue weighted by molar-refractivity contribution is 7.21. The van der Waals surface area contributed by atoms with Crippen LogP contribution in [0.25, 0.3) is 10.1 Å². The van der Waals surface area contributed by atoms with Crippen molar-refractivity contribution >= 4 is 33.0 Å². The fourth-order valence-corrected chi connectivity index (χ4v) is 2.74. The van der Waals surface area contributed by atoms with Crippen LogP contribution in [0.15, 0.2) is 18.2 Å². The van der Waals surface area contributed by atoms with Gasteiger partial charge in [0.1, 0.15) is 4.88 Å². The van der Waals surface area contributed by atoms with Crippen molar-refractivity contribution in [1.82, 2.24) is 5.32 Å². The zero-order valence-electron chi connectivity index (χ0n) is 9.41. The zero-order chi connectivity index (χ0) is 12.4. The van der Waals surface area contributed by atoms with E-state index in [0.29, 0.717) is 10.6 Å². The molecule has 0 aliphatic carbocycles. The number of benzene rings is 1. The number of carbonyl (C=O) groups is 1. The van der Waals surface area contributed by atoms with Crippen molar-refractivity contribution in [2.75, 3.05) is 12.3 Å². The number of nitrogens with two attached hydrogens (primary N) is 1. The SMILES string of the molecule is C#CCNC(=O)c1sc2cc(C)ccc2c1N. The lowest BCUT2D eigenvalue weighted by atomic mass is 10.1. The largest absolute Gasteiger partial charge is 0.397 e. The van der Waals surface area contributed by atoms with Crippen LogP contribution in [0.2, 0.25) is 0 Å². The molecule has 17 heavy (non-hydrogen) atoms. The quantitative estimate of drug-likeness (QED) is 0.795. The molecule has 2 aromatic rings. The average Bonchev–Trinajstić information content (AvgIpc) is 2.63. The van der Waals surface area contributed by atoms with Crippen LogP contribution in [-0.2, 0) is 0 Å². The Hall–Kier alpha value is -1.99. The van der Waals surface area contributed by atoms with E-state index in [9.17, 15) is 4.79 Å². The van der Waals surface area contributed by atoms with E-state index in [1.165, 1.54) is 11.3 Å². The molecule has 1 aromatic carbocycles. The minimum Gasteiger partial charge on any atom is -0.397 e. The molecule has 0 radical (unpaired) electrons. The van der Waals surface area contributed by atoms with Crippen LogP contribution in [0.1, 0.15) is 15.2 Å². The average molecular weight is 244 g/mol. The van der Waals surface area contributed by atoms with Crippen LogP contribution in [0.5, 0.6) is 0 Å². The predicted octanol–water partition coefficient (Wildman–Crippen LogP) is 2.15. The first-order valence-corrected chi connectivity index (χ1v) is 5.95. The molecule has 0 unspecified atom stereocenters. The molecule has 0 atom stereocenters. The van der Waals surface area contributed by atoms with Crippen LogP contribution in [0, 0.1) is 19.3 Å².